The number of benzene rings is 1. The summed E-state index contributed by atoms with van der Waals surface area (Å²) in [6, 6.07) is 10.4. The largest absolute Gasteiger partial charge is 0.356 e. The maximum atomic E-state index is 12.8. The van der Waals surface area contributed by atoms with Crippen molar-refractivity contribution < 1.29 is 12.9 Å². The van der Waals surface area contributed by atoms with Gasteiger partial charge in [-0.1, -0.05) is 23.4 Å². The SMILES string of the molecule is Cc1cc(-c2ccc(C)c(S(=O)(=O)Nc3ncccc3C)c2)on1. The highest BCUT2D eigenvalue weighted by Gasteiger charge is 2.20. The predicted molar refractivity (Wildman–Crippen MR) is 91.2 cm³/mol. The highest BCUT2D eigenvalue weighted by molar-refractivity contribution is 7.92. The molecule has 0 radical (unpaired) electrons. The van der Waals surface area contributed by atoms with Crippen molar-refractivity contribution in [3.63, 3.8) is 0 Å². The number of nitrogens with one attached hydrogen (secondary N) is 1. The van der Waals surface area contributed by atoms with Gasteiger partial charge < -0.3 is 4.52 Å². The number of sulfonamides is 1. The molecule has 2 aromatic heterocycles. The first-order chi connectivity index (χ1) is 11.4. The maximum Gasteiger partial charge on any atom is 0.263 e. The summed E-state index contributed by atoms with van der Waals surface area (Å²) in [5.41, 5.74) is 2.77. The number of rotatable bonds is 4. The Bertz CT molecular complexity index is 994. The van der Waals surface area contributed by atoms with Crippen molar-refractivity contribution in [3.05, 3.63) is 59.4 Å². The van der Waals surface area contributed by atoms with E-state index in [9.17, 15) is 8.42 Å². The van der Waals surface area contributed by atoms with Crippen LogP contribution in [0.3, 0.4) is 0 Å². The van der Waals surface area contributed by atoms with E-state index in [1.54, 1.807) is 56.4 Å². The summed E-state index contributed by atoms with van der Waals surface area (Å²) in [6.07, 6.45) is 1.55. The predicted octanol–water partition coefficient (Wildman–Crippen LogP) is 3.46. The number of hydrogen-bond acceptors (Lipinski definition) is 5. The van der Waals surface area contributed by atoms with Crippen LogP contribution in [0.2, 0.25) is 0 Å². The maximum absolute atomic E-state index is 12.8. The molecule has 0 aliphatic carbocycles. The minimum Gasteiger partial charge on any atom is -0.356 e. The topological polar surface area (TPSA) is 85.1 Å². The van der Waals surface area contributed by atoms with Gasteiger partial charge in [-0.25, -0.2) is 13.4 Å². The molecule has 24 heavy (non-hydrogen) atoms. The van der Waals surface area contributed by atoms with E-state index in [4.69, 9.17) is 4.52 Å². The molecule has 0 atom stereocenters. The van der Waals surface area contributed by atoms with Crippen molar-refractivity contribution in [2.45, 2.75) is 25.7 Å². The Balaban J connectivity index is 2.03. The molecule has 1 aromatic carbocycles. The van der Waals surface area contributed by atoms with Gasteiger partial charge >= 0.3 is 0 Å². The van der Waals surface area contributed by atoms with Gasteiger partial charge in [0.05, 0.1) is 10.6 Å². The van der Waals surface area contributed by atoms with E-state index in [1.807, 2.05) is 6.92 Å². The Morgan fingerprint density at radius 2 is 1.83 bits per heavy atom. The second kappa shape index (κ2) is 6.09. The number of aryl methyl sites for hydroxylation is 3. The molecule has 3 rings (SSSR count). The molecule has 0 fully saturated rings. The van der Waals surface area contributed by atoms with Crippen molar-refractivity contribution >= 4 is 15.8 Å². The fourth-order valence-electron chi connectivity index (χ4n) is 2.32. The normalized spacial score (nSPS) is 11.5. The number of nitrogens with zero attached hydrogens (tertiary/aromatic N) is 2. The van der Waals surface area contributed by atoms with Crippen LogP contribution in [0.1, 0.15) is 16.8 Å². The summed E-state index contributed by atoms with van der Waals surface area (Å²) in [5.74, 6) is 0.843. The van der Waals surface area contributed by atoms with Gasteiger partial charge in [0.25, 0.3) is 10.0 Å². The monoisotopic (exact) mass is 343 g/mol. The zero-order valence-electron chi connectivity index (χ0n) is 13.6. The first-order valence-corrected chi connectivity index (χ1v) is 8.84. The summed E-state index contributed by atoms with van der Waals surface area (Å²) in [7, 11) is -3.76. The van der Waals surface area contributed by atoms with Crippen LogP contribution in [-0.2, 0) is 10.0 Å². The van der Waals surface area contributed by atoms with Crippen molar-refractivity contribution in [2.75, 3.05) is 4.72 Å². The van der Waals surface area contributed by atoms with E-state index in [-0.39, 0.29) is 4.90 Å². The van der Waals surface area contributed by atoms with E-state index >= 15 is 0 Å². The van der Waals surface area contributed by atoms with Gasteiger partial charge in [-0.15, -0.1) is 0 Å². The van der Waals surface area contributed by atoms with Crippen LogP contribution in [0, 0.1) is 20.8 Å². The van der Waals surface area contributed by atoms with Gasteiger partial charge in [0, 0.05) is 17.8 Å². The number of hydrogen-bond donors (Lipinski definition) is 1. The lowest BCUT2D eigenvalue weighted by Crippen LogP contribution is -2.16. The summed E-state index contributed by atoms with van der Waals surface area (Å²) >= 11 is 0. The third-order valence-electron chi connectivity index (χ3n) is 3.63. The van der Waals surface area contributed by atoms with E-state index < -0.39 is 10.0 Å². The number of pyridine rings is 1. The van der Waals surface area contributed by atoms with Crippen molar-refractivity contribution in [1.82, 2.24) is 10.1 Å². The molecule has 0 saturated heterocycles. The lowest BCUT2D eigenvalue weighted by molar-refractivity contribution is 0.427. The first-order valence-electron chi connectivity index (χ1n) is 7.35. The molecule has 0 bridgehead atoms. The van der Waals surface area contributed by atoms with Crippen molar-refractivity contribution in [2.24, 2.45) is 0 Å². The third-order valence-corrected chi connectivity index (χ3v) is 5.11. The Labute approximate surface area is 140 Å². The molecule has 3 aromatic rings. The quantitative estimate of drug-likeness (QED) is 0.784. The van der Waals surface area contributed by atoms with Crippen molar-refractivity contribution in [1.29, 1.82) is 0 Å². The van der Waals surface area contributed by atoms with Gasteiger partial charge in [0.2, 0.25) is 0 Å². The fraction of sp³-hybridized carbons (Fsp3) is 0.176. The summed E-state index contributed by atoms with van der Waals surface area (Å²) < 4.78 is 33.3. The van der Waals surface area contributed by atoms with Gasteiger partial charge in [0.1, 0.15) is 5.82 Å². The molecule has 7 heteroatoms. The summed E-state index contributed by atoms with van der Waals surface area (Å²) in [5, 5.41) is 3.84. The van der Waals surface area contributed by atoms with Gasteiger partial charge in [-0.05, 0) is 44.0 Å². The lowest BCUT2D eigenvalue weighted by atomic mass is 10.1. The minimum atomic E-state index is -3.76. The van der Waals surface area contributed by atoms with E-state index in [2.05, 4.69) is 14.9 Å². The van der Waals surface area contributed by atoms with Crippen LogP contribution in [0.4, 0.5) is 5.82 Å². The Hall–Kier alpha value is -2.67. The second-order valence-corrected chi connectivity index (χ2v) is 7.24. The molecule has 6 nitrogen and oxygen atoms in total. The molecule has 0 spiro atoms. The molecular weight excluding hydrogens is 326 g/mol. The summed E-state index contributed by atoms with van der Waals surface area (Å²) in [4.78, 5) is 4.26. The van der Waals surface area contributed by atoms with Crippen LogP contribution in [0.5, 0.6) is 0 Å². The van der Waals surface area contributed by atoms with Crippen LogP contribution in [0.25, 0.3) is 11.3 Å². The molecule has 0 saturated carbocycles. The standard InChI is InChI=1S/C17H17N3O3S/c1-11-6-7-14(15-9-13(3)19-23-15)10-16(11)24(21,22)20-17-12(2)5-4-8-18-17/h4-10H,1-3H3,(H,18,20). The Kier molecular flexibility index (Phi) is 4.11. The van der Waals surface area contributed by atoms with E-state index in [0.717, 1.165) is 11.3 Å². The zero-order valence-corrected chi connectivity index (χ0v) is 14.4. The second-order valence-electron chi connectivity index (χ2n) is 5.59. The van der Waals surface area contributed by atoms with Crippen LogP contribution in [-0.4, -0.2) is 18.6 Å². The number of aromatic nitrogens is 2. The Morgan fingerprint density at radius 1 is 1.04 bits per heavy atom. The van der Waals surface area contributed by atoms with Crippen LogP contribution >= 0.6 is 0 Å². The van der Waals surface area contributed by atoms with E-state index in [1.165, 1.54) is 0 Å². The number of anilines is 1. The Morgan fingerprint density at radius 3 is 2.50 bits per heavy atom. The third kappa shape index (κ3) is 3.16. The lowest BCUT2D eigenvalue weighted by Gasteiger charge is -2.12. The average Bonchev–Trinajstić information content (AvgIpc) is 2.96. The zero-order chi connectivity index (χ0) is 17.3. The van der Waals surface area contributed by atoms with E-state index in [0.29, 0.717) is 22.7 Å². The molecule has 1 N–H and O–H groups in total. The average molecular weight is 343 g/mol. The highest BCUT2D eigenvalue weighted by atomic mass is 32.2. The van der Waals surface area contributed by atoms with Crippen LogP contribution < -0.4 is 4.72 Å². The smallest absolute Gasteiger partial charge is 0.263 e. The molecular formula is C17H17N3O3S. The van der Waals surface area contributed by atoms with Crippen LogP contribution in [0.15, 0.2) is 52.0 Å². The fourth-order valence-corrected chi connectivity index (χ4v) is 3.67. The molecule has 0 aliphatic rings. The molecule has 0 unspecified atom stereocenters. The van der Waals surface area contributed by atoms with Crippen molar-refractivity contribution in [3.8, 4) is 11.3 Å². The van der Waals surface area contributed by atoms with Gasteiger partial charge in [-0.3, -0.25) is 4.72 Å². The van der Waals surface area contributed by atoms with Gasteiger partial charge in [-0.2, -0.15) is 0 Å². The molecule has 0 aliphatic heterocycles. The summed E-state index contributed by atoms with van der Waals surface area (Å²) in [6.45, 7) is 5.35. The first kappa shape index (κ1) is 16.2. The van der Waals surface area contributed by atoms with Gasteiger partial charge in [0.15, 0.2) is 5.76 Å². The minimum absolute atomic E-state index is 0.180. The highest BCUT2D eigenvalue weighted by Crippen LogP contribution is 2.27. The molecule has 2 heterocycles. The molecule has 0 amide bonds. The molecule has 124 valence electrons.